The Morgan fingerprint density at radius 2 is 2.00 bits per heavy atom. The minimum Gasteiger partial charge on any atom is -0.385 e. The summed E-state index contributed by atoms with van der Waals surface area (Å²) >= 11 is 0. The molecule has 3 N–H and O–H groups in total. The normalized spacial score (nSPS) is 14.9. The lowest BCUT2D eigenvalue weighted by molar-refractivity contribution is -0.122. The van der Waals surface area contributed by atoms with E-state index in [9.17, 15) is 9.90 Å². The molecular weight excluding hydrogens is 166 g/mol. The molecule has 3 heteroatoms. The van der Waals surface area contributed by atoms with Gasteiger partial charge in [0.2, 0.25) is 5.91 Å². The third kappa shape index (κ3) is 2.56. The van der Waals surface area contributed by atoms with Gasteiger partial charge in [0.1, 0.15) is 0 Å². The molecule has 1 atom stereocenters. The van der Waals surface area contributed by atoms with E-state index in [0.29, 0.717) is 5.56 Å². The van der Waals surface area contributed by atoms with Crippen LogP contribution in [-0.2, 0) is 10.4 Å². The van der Waals surface area contributed by atoms with E-state index in [1.165, 1.54) is 0 Å². The van der Waals surface area contributed by atoms with Crippen molar-refractivity contribution in [2.24, 2.45) is 5.73 Å². The zero-order chi connectivity index (χ0) is 9.90. The first-order valence-corrected chi connectivity index (χ1v) is 4.08. The van der Waals surface area contributed by atoms with Crippen LogP contribution in [0.2, 0.25) is 0 Å². The molecule has 0 spiro atoms. The minimum atomic E-state index is -1.16. The predicted octanol–water partition coefficient (Wildman–Crippen LogP) is 0.770. The molecule has 0 heterocycles. The smallest absolute Gasteiger partial charge is 0.220 e. The lowest BCUT2D eigenvalue weighted by Gasteiger charge is -2.21. The molecule has 0 bridgehead atoms. The average molecular weight is 179 g/mol. The summed E-state index contributed by atoms with van der Waals surface area (Å²) in [5, 5.41) is 9.86. The average Bonchev–Trinajstić information content (AvgIpc) is 2.04. The van der Waals surface area contributed by atoms with Crippen molar-refractivity contribution in [3.8, 4) is 0 Å². The van der Waals surface area contributed by atoms with E-state index in [1.807, 2.05) is 18.2 Å². The number of rotatable bonds is 3. The van der Waals surface area contributed by atoms with E-state index in [-0.39, 0.29) is 6.42 Å². The molecule has 0 aliphatic rings. The zero-order valence-electron chi connectivity index (χ0n) is 7.53. The van der Waals surface area contributed by atoms with Gasteiger partial charge in [0.05, 0.1) is 12.0 Å². The van der Waals surface area contributed by atoms with Gasteiger partial charge in [-0.05, 0) is 12.5 Å². The van der Waals surface area contributed by atoms with E-state index < -0.39 is 11.5 Å². The molecule has 0 aliphatic heterocycles. The maximum Gasteiger partial charge on any atom is 0.220 e. The van der Waals surface area contributed by atoms with Crippen LogP contribution >= 0.6 is 0 Å². The van der Waals surface area contributed by atoms with Crippen molar-refractivity contribution in [3.05, 3.63) is 35.9 Å². The van der Waals surface area contributed by atoms with Gasteiger partial charge in [-0.3, -0.25) is 4.79 Å². The molecule has 0 aromatic heterocycles. The number of carbonyl (C=O) groups excluding carboxylic acids is 1. The Kier molecular flexibility index (Phi) is 2.68. The summed E-state index contributed by atoms with van der Waals surface area (Å²) in [6, 6.07) is 9.01. The summed E-state index contributed by atoms with van der Waals surface area (Å²) in [5.41, 5.74) is 4.56. The quantitative estimate of drug-likeness (QED) is 0.719. The molecule has 13 heavy (non-hydrogen) atoms. The minimum absolute atomic E-state index is 0.0585. The third-order valence-corrected chi connectivity index (χ3v) is 1.91. The zero-order valence-corrected chi connectivity index (χ0v) is 7.53. The lowest BCUT2D eigenvalue weighted by Crippen LogP contribution is -2.28. The van der Waals surface area contributed by atoms with Gasteiger partial charge in [-0.15, -0.1) is 0 Å². The van der Waals surface area contributed by atoms with E-state index in [2.05, 4.69) is 0 Å². The second kappa shape index (κ2) is 3.58. The predicted molar refractivity (Wildman–Crippen MR) is 49.8 cm³/mol. The molecule has 0 saturated carbocycles. The van der Waals surface area contributed by atoms with Crippen molar-refractivity contribution in [2.75, 3.05) is 0 Å². The first-order valence-electron chi connectivity index (χ1n) is 4.08. The summed E-state index contributed by atoms with van der Waals surface area (Å²) in [6.07, 6.45) is -0.0585. The Bertz CT molecular complexity index is 293. The highest BCUT2D eigenvalue weighted by Crippen LogP contribution is 2.23. The van der Waals surface area contributed by atoms with Gasteiger partial charge in [-0.25, -0.2) is 0 Å². The lowest BCUT2D eigenvalue weighted by atomic mass is 9.92. The number of hydrogen-bond donors (Lipinski definition) is 2. The molecule has 0 unspecified atom stereocenters. The Morgan fingerprint density at radius 1 is 1.46 bits per heavy atom. The molecule has 1 rings (SSSR count). The van der Waals surface area contributed by atoms with Crippen molar-refractivity contribution in [3.63, 3.8) is 0 Å². The molecule has 0 fully saturated rings. The summed E-state index contributed by atoms with van der Waals surface area (Å²) in [5.74, 6) is -0.506. The van der Waals surface area contributed by atoms with Crippen LogP contribution in [0.25, 0.3) is 0 Å². The SMILES string of the molecule is C[C@](O)(CC(N)=O)c1ccccc1. The van der Waals surface area contributed by atoms with Crippen LogP contribution in [0.5, 0.6) is 0 Å². The molecule has 1 amide bonds. The first-order chi connectivity index (χ1) is 6.02. The molecule has 0 saturated heterocycles. The highest BCUT2D eigenvalue weighted by Gasteiger charge is 2.24. The fraction of sp³-hybridized carbons (Fsp3) is 0.300. The number of amides is 1. The number of nitrogens with two attached hydrogens (primary N) is 1. The summed E-state index contributed by atoms with van der Waals surface area (Å²) in [4.78, 5) is 10.7. The standard InChI is InChI=1S/C10H13NO2/c1-10(13,7-9(11)12)8-5-3-2-4-6-8/h2-6,13H,7H2,1H3,(H2,11,12)/t10-/m0/s1. The van der Waals surface area contributed by atoms with Crippen molar-refractivity contribution in [1.29, 1.82) is 0 Å². The van der Waals surface area contributed by atoms with E-state index in [1.54, 1.807) is 19.1 Å². The molecule has 3 nitrogen and oxygen atoms in total. The van der Waals surface area contributed by atoms with Crippen LogP contribution in [0, 0.1) is 0 Å². The van der Waals surface area contributed by atoms with Gasteiger partial charge in [-0.2, -0.15) is 0 Å². The second-order valence-electron chi connectivity index (χ2n) is 3.28. The van der Waals surface area contributed by atoms with Crippen LogP contribution in [0.3, 0.4) is 0 Å². The molecular formula is C10H13NO2. The van der Waals surface area contributed by atoms with Gasteiger partial charge in [0.25, 0.3) is 0 Å². The van der Waals surface area contributed by atoms with Crippen molar-refractivity contribution in [2.45, 2.75) is 18.9 Å². The van der Waals surface area contributed by atoms with Crippen LogP contribution in [-0.4, -0.2) is 11.0 Å². The molecule has 1 aromatic rings. The van der Waals surface area contributed by atoms with Crippen LogP contribution in [0.15, 0.2) is 30.3 Å². The van der Waals surface area contributed by atoms with Crippen LogP contribution in [0.1, 0.15) is 18.9 Å². The monoisotopic (exact) mass is 179 g/mol. The summed E-state index contributed by atoms with van der Waals surface area (Å²) in [6.45, 7) is 1.58. The van der Waals surface area contributed by atoms with Gasteiger partial charge < -0.3 is 10.8 Å². The summed E-state index contributed by atoms with van der Waals surface area (Å²) in [7, 11) is 0. The topological polar surface area (TPSA) is 63.3 Å². The Hall–Kier alpha value is -1.35. The second-order valence-corrected chi connectivity index (χ2v) is 3.28. The maximum absolute atomic E-state index is 10.7. The highest BCUT2D eigenvalue weighted by atomic mass is 16.3. The number of carbonyl (C=O) groups is 1. The van der Waals surface area contributed by atoms with Gasteiger partial charge in [-0.1, -0.05) is 30.3 Å². The number of benzene rings is 1. The third-order valence-electron chi connectivity index (χ3n) is 1.91. The number of primary amides is 1. The molecule has 1 aromatic carbocycles. The number of aliphatic hydroxyl groups is 1. The maximum atomic E-state index is 10.7. The Morgan fingerprint density at radius 3 is 2.46 bits per heavy atom. The van der Waals surface area contributed by atoms with E-state index in [4.69, 9.17) is 5.73 Å². The molecule has 0 aliphatic carbocycles. The Balaban J connectivity index is 2.87. The van der Waals surface area contributed by atoms with E-state index >= 15 is 0 Å². The molecule has 70 valence electrons. The summed E-state index contributed by atoms with van der Waals surface area (Å²) < 4.78 is 0. The van der Waals surface area contributed by atoms with Gasteiger partial charge in [0.15, 0.2) is 0 Å². The highest BCUT2D eigenvalue weighted by molar-refractivity contribution is 5.75. The Labute approximate surface area is 77.2 Å². The largest absolute Gasteiger partial charge is 0.385 e. The fourth-order valence-electron chi connectivity index (χ4n) is 1.24. The van der Waals surface area contributed by atoms with Crippen molar-refractivity contribution < 1.29 is 9.90 Å². The van der Waals surface area contributed by atoms with Gasteiger partial charge in [0, 0.05) is 0 Å². The van der Waals surface area contributed by atoms with Crippen molar-refractivity contribution >= 4 is 5.91 Å². The fourth-order valence-corrected chi connectivity index (χ4v) is 1.24. The number of hydrogen-bond acceptors (Lipinski definition) is 2. The van der Waals surface area contributed by atoms with E-state index in [0.717, 1.165) is 0 Å². The van der Waals surface area contributed by atoms with Crippen LogP contribution in [0.4, 0.5) is 0 Å². The first kappa shape index (κ1) is 9.74. The van der Waals surface area contributed by atoms with Crippen LogP contribution < -0.4 is 5.73 Å². The van der Waals surface area contributed by atoms with Gasteiger partial charge >= 0.3 is 0 Å². The molecule has 0 radical (unpaired) electrons. The van der Waals surface area contributed by atoms with Crippen molar-refractivity contribution in [1.82, 2.24) is 0 Å².